The molecule has 0 radical (unpaired) electrons. The molecule has 3 nitrogen and oxygen atoms in total. The lowest BCUT2D eigenvalue weighted by molar-refractivity contribution is -0.125. The molecule has 3 unspecified atom stereocenters. The summed E-state index contributed by atoms with van der Waals surface area (Å²) >= 11 is 0. The van der Waals surface area contributed by atoms with Crippen molar-refractivity contribution in [3.8, 4) is 6.07 Å². The fourth-order valence-corrected chi connectivity index (χ4v) is 4.35. The van der Waals surface area contributed by atoms with Gasteiger partial charge in [0.25, 0.3) is 0 Å². The minimum absolute atomic E-state index is 0.0140. The van der Waals surface area contributed by atoms with E-state index in [9.17, 15) is 10.1 Å². The Balaban J connectivity index is 1.63. The van der Waals surface area contributed by atoms with Gasteiger partial charge in [0.05, 0.1) is 6.07 Å². The number of nitrogens with one attached hydrogen (secondary N) is 1. The number of amides is 1. The van der Waals surface area contributed by atoms with Crippen LogP contribution in [0.15, 0.2) is 84.9 Å². The molecule has 1 amide bonds. The lowest BCUT2D eigenvalue weighted by atomic mass is 9.90. The van der Waals surface area contributed by atoms with E-state index in [1.165, 1.54) is 5.56 Å². The summed E-state index contributed by atoms with van der Waals surface area (Å²) in [6.45, 7) is 0. The van der Waals surface area contributed by atoms with E-state index in [1.807, 2.05) is 48.5 Å². The minimum atomic E-state index is -0.582. The van der Waals surface area contributed by atoms with Gasteiger partial charge in [0.1, 0.15) is 6.04 Å². The first-order chi connectivity index (χ1) is 15.3. The monoisotopic (exact) mass is 412 g/mol. The number of nitrogens with zero attached hydrogens (tertiary/aromatic N) is 1. The molecule has 0 aromatic heterocycles. The molecule has 31 heavy (non-hydrogen) atoms. The molecule has 0 aliphatic heterocycles. The van der Waals surface area contributed by atoms with Crippen LogP contribution in [0, 0.1) is 17.2 Å². The zero-order valence-corrected chi connectivity index (χ0v) is 18.1. The van der Waals surface area contributed by atoms with Gasteiger partial charge < -0.3 is 5.32 Å². The van der Waals surface area contributed by atoms with E-state index in [0.29, 0.717) is 5.92 Å². The van der Waals surface area contributed by atoms with Crippen molar-refractivity contribution in [2.24, 2.45) is 5.92 Å². The van der Waals surface area contributed by atoms with Crippen LogP contribution in [0.3, 0.4) is 0 Å². The molecule has 1 fully saturated rings. The Morgan fingerprint density at radius 3 is 1.97 bits per heavy atom. The highest BCUT2D eigenvalue weighted by atomic mass is 16.1. The topological polar surface area (TPSA) is 52.9 Å². The van der Waals surface area contributed by atoms with Crippen LogP contribution in [0.4, 0.5) is 0 Å². The first-order valence-electron chi connectivity index (χ1n) is 11.4. The van der Waals surface area contributed by atoms with Gasteiger partial charge in [-0.1, -0.05) is 104 Å². The number of rotatable bonds is 4. The van der Waals surface area contributed by atoms with Crippen LogP contribution in [0.2, 0.25) is 0 Å². The van der Waals surface area contributed by atoms with Crippen LogP contribution >= 0.6 is 0 Å². The summed E-state index contributed by atoms with van der Waals surface area (Å²) in [6.07, 6.45) is 7.22. The fourth-order valence-electron chi connectivity index (χ4n) is 4.35. The van der Waals surface area contributed by atoms with E-state index >= 15 is 0 Å². The molecule has 1 aliphatic rings. The van der Waals surface area contributed by atoms with Crippen molar-refractivity contribution >= 4 is 5.91 Å². The van der Waals surface area contributed by atoms with Gasteiger partial charge in [0, 0.05) is 5.92 Å². The Labute approximate surface area is 186 Å². The summed E-state index contributed by atoms with van der Waals surface area (Å²) in [4.78, 5) is 12.9. The number of nitriles is 1. The zero-order valence-electron chi connectivity index (χ0n) is 18.1. The van der Waals surface area contributed by atoms with Crippen molar-refractivity contribution in [2.75, 3.05) is 0 Å². The predicted molar refractivity (Wildman–Crippen MR) is 126 cm³/mol. The smallest absolute Gasteiger partial charge is 0.224 e. The third-order valence-corrected chi connectivity index (χ3v) is 6.10. The number of carbonyl (C=O) groups excluding carboxylic acids is 1. The average Bonchev–Trinajstić information content (AvgIpc) is 2.93. The summed E-state index contributed by atoms with van der Waals surface area (Å²) in [7, 11) is 0. The molecule has 2 aromatic rings. The van der Waals surface area contributed by atoms with Crippen LogP contribution in [-0.4, -0.2) is 5.91 Å². The Hall–Kier alpha value is -3.12. The van der Waals surface area contributed by atoms with Gasteiger partial charge in [-0.2, -0.15) is 5.26 Å². The Morgan fingerprint density at radius 2 is 1.29 bits per heavy atom. The van der Waals surface area contributed by atoms with E-state index < -0.39 is 6.04 Å². The third-order valence-electron chi connectivity index (χ3n) is 6.10. The molecule has 2 aromatic carbocycles. The molecule has 0 heterocycles. The minimum Gasteiger partial charge on any atom is -0.336 e. The van der Waals surface area contributed by atoms with Crippen molar-refractivity contribution in [1.82, 2.24) is 5.32 Å². The van der Waals surface area contributed by atoms with Gasteiger partial charge in [-0.15, -0.1) is 0 Å². The van der Waals surface area contributed by atoms with Crippen LogP contribution in [0.25, 0.3) is 0 Å². The Morgan fingerprint density at radius 1 is 0.774 bits per heavy atom. The first kappa shape index (κ1) is 22.6. The van der Waals surface area contributed by atoms with Gasteiger partial charge in [0.15, 0.2) is 0 Å². The number of benzene rings is 1. The molecular formula is C28H32N2O. The third kappa shape index (κ3) is 7.26. The summed E-state index contributed by atoms with van der Waals surface area (Å²) in [5, 5.41) is 12.5. The molecule has 0 bridgehead atoms. The summed E-state index contributed by atoms with van der Waals surface area (Å²) < 4.78 is 0. The molecule has 1 aliphatic carbocycles. The summed E-state index contributed by atoms with van der Waals surface area (Å²) in [6, 6.07) is 30.1. The maximum absolute atomic E-state index is 12.9. The van der Waals surface area contributed by atoms with Crippen molar-refractivity contribution in [3.63, 3.8) is 0 Å². The summed E-state index contributed by atoms with van der Waals surface area (Å²) in [5.41, 5.74) is 2.21. The predicted octanol–water partition coefficient (Wildman–Crippen LogP) is 6.64. The van der Waals surface area contributed by atoms with Crippen molar-refractivity contribution in [2.45, 2.75) is 56.9 Å². The SMILES string of the molecule is N#CC(NC(=O)C1CCCCC(c2ccccccccc2)CCC1)c1ccccc1. The maximum Gasteiger partial charge on any atom is 0.224 e. The standard InChI is InChI=1S/C28H32N2O/c29-22-27(25-17-9-6-10-18-25)30-28(31)26-19-12-11-16-24(20-13-21-26)23-14-7-4-2-1-3-5-8-15-23/h1-10,14-15,17-18,24,26-27H,11-13,16,19-21H2,(H,30,31). The molecule has 160 valence electrons. The van der Waals surface area contributed by atoms with E-state index in [2.05, 4.69) is 47.8 Å². The van der Waals surface area contributed by atoms with E-state index in [0.717, 1.165) is 50.5 Å². The first-order valence-corrected chi connectivity index (χ1v) is 11.4. The highest BCUT2D eigenvalue weighted by Gasteiger charge is 2.24. The number of hydrogen-bond donors (Lipinski definition) is 1. The fraction of sp³-hybridized carbons (Fsp3) is 0.357. The number of carbonyl (C=O) groups is 1. The van der Waals surface area contributed by atoms with Crippen molar-refractivity contribution in [1.29, 1.82) is 5.26 Å². The molecule has 0 spiro atoms. The molecule has 3 rings (SSSR count). The Bertz CT molecular complexity index is 892. The van der Waals surface area contributed by atoms with Crippen molar-refractivity contribution in [3.05, 3.63) is 96.1 Å². The van der Waals surface area contributed by atoms with Gasteiger partial charge in [-0.25, -0.2) is 0 Å². The van der Waals surface area contributed by atoms with Gasteiger partial charge in [0.2, 0.25) is 5.91 Å². The number of hydrogen-bond acceptors (Lipinski definition) is 2. The quantitative estimate of drug-likeness (QED) is 0.612. The second kappa shape index (κ2) is 12.5. The van der Waals surface area contributed by atoms with E-state index in [4.69, 9.17) is 0 Å². The molecular weight excluding hydrogens is 380 g/mol. The largest absolute Gasteiger partial charge is 0.336 e. The molecule has 1 saturated carbocycles. The zero-order chi connectivity index (χ0) is 21.7. The highest BCUT2D eigenvalue weighted by Crippen LogP contribution is 2.32. The van der Waals surface area contributed by atoms with Crippen LogP contribution in [0.1, 0.15) is 68.0 Å². The normalized spacial score (nSPS) is 20.0. The van der Waals surface area contributed by atoms with E-state index in [-0.39, 0.29) is 11.8 Å². The van der Waals surface area contributed by atoms with Crippen LogP contribution < -0.4 is 5.32 Å². The molecule has 1 N–H and O–H groups in total. The van der Waals surface area contributed by atoms with Gasteiger partial charge >= 0.3 is 0 Å². The van der Waals surface area contributed by atoms with Gasteiger partial charge in [-0.3, -0.25) is 4.79 Å². The lowest BCUT2D eigenvalue weighted by Crippen LogP contribution is -2.33. The molecule has 3 atom stereocenters. The van der Waals surface area contributed by atoms with E-state index in [1.54, 1.807) is 0 Å². The van der Waals surface area contributed by atoms with Crippen LogP contribution in [0.5, 0.6) is 0 Å². The van der Waals surface area contributed by atoms with Gasteiger partial charge in [-0.05, 0) is 42.7 Å². The van der Waals surface area contributed by atoms with Crippen molar-refractivity contribution < 1.29 is 4.79 Å². The van der Waals surface area contributed by atoms with Crippen LogP contribution in [-0.2, 0) is 4.79 Å². The maximum atomic E-state index is 12.9. The summed E-state index contributed by atoms with van der Waals surface area (Å²) in [5.74, 6) is 0.530. The second-order valence-electron chi connectivity index (χ2n) is 8.27. The Kier molecular flexibility index (Phi) is 9.13. The lowest BCUT2D eigenvalue weighted by Gasteiger charge is -2.19. The second-order valence-corrected chi connectivity index (χ2v) is 8.27. The molecule has 3 heteroatoms. The molecule has 0 saturated heterocycles. The average molecular weight is 413 g/mol. The highest BCUT2D eigenvalue weighted by molar-refractivity contribution is 5.79.